The van der Waals surface area contributed by atoms with Gasteiger partial charge in [-0.2, -0.15) is 4.98 Å². The molecule has 32 heavy (non-hydrogen) atoms. The molecule has 1 aromatic heterocycles. The summed E-state index contributed by atoms with van der Waals surface area (Å²) in [5.74, 6) is 2.15. The molecule has 0 aliphatic carbocycles. The van der Waals surface area contributed by atoms with Gasteiger partial charge in [0.05, 0.1) is 6.42 Å². The highest BCUT2D eigenvalue weighted by molar-refractivity contribution is 6.00. The second kappa shape index (κ2) is 10.3. The summed E-state index contributed by atoms with van der Waals surface area (Å²) in [6.07, 6.45) is 3.95. The first-order valence-corrected chi connectivity index (χ1v) is 11.7. The van der Waals surface area contributed by atoms with Crippen LogP contribution in [0.1, 0.15) is 32.3 Å². The van der Waals surface area contributed by atoms with Crippen molar-refractivity contribution in [2.24, 2.45) is 0 Å². The van der Waals surface area contributed by atoms with Crippen LogP contribution in [-0.4, -0.2) is 78.1 Å². The maximum atomic E-state index is 12.6. The zero-order chi connectivity index (χ0) is 22.5. The molecule has 1 N–H and O–H groups in total. The molecule has 172 valence electrons. The Hall–Kier alpha value is -2.71. The number of hydrogen-bond acceptors (Lipinski definition) is 7. The summed E-state index contributed by atoms with van der Waals surface area (Å²) in [6, 6.07) is 8.02. The molecular weight excluding hydrogens is 404 g/mol. The molecule has 1 saturated heterocycles. The summed E-state index contributed by atoms with van der Waals surface area (Å²) in [7, 11) is 2.17. The van der Waals surface area contributed by atoms with Gasteiger partial charge < -0.3 is 15.0 Å². The Balaban J connectivity index is 1.38. The van der Waals surface area contributed by atoms with Crippen molar-refractivity contribution in [2.45, 2.75) is 39.2 Å². The number of rotatable bonds is 9. The highest BCUT2D eigenvalue weighted by atomic mass is 16.5. The lowest BCUT2D eigenvalue weighted by molar-refractivity contribution is -0.117. The Kier molecular flexibility index (Phi) is 7.22. The normalized spacial score (nSPS) is 17.1. The number of benzene rings is 1. The van der Waals surface area contributed by atoms with E-state index in [-0.39, 0.29) is 11.9 Å². The first kappa shape index (κ1) is 22.5. The second-order valence-corrected chi connectivity index (χ2v) is 8.60. The van der Waals surface area contributed by atoms with Crippen molar-refractivity contribution in [1.82, 2.24) is 19.8 Å². The van der Waals surface area contributed by atoms with Crippen LogP contribution in [0.4, 0.5) is 17.5 Å². The van der Waals surface area contributed by atoms with Gasteiger partial charge in [0.25, 0.3) is 0 Å². The average Bonchev–Trinajstić information content (AvgIpc) is 3.12. The summed E-state index contributed by atoms with van der Waals surface area (Å²) < 4.78 is 5.99. The van der Waals surface area contributed by atoms with Gasteiger partial charge in [0, 0.05) is 62.3 Å². The maximum absolute atomic E-state index is 12.6. The van der Waals surface area contributed by atoms with Crippen molar-refractivity contribution in [3.63, 3.8) is 0 Å². The molecule has 1 amide bonds. The minimum Gasteiger partial charge on any atom is -0.492 e. The van der Waals surface area contributed by atoms with E-state index in [1.165, 1.54) is 0 Å². The summed E-state index contributed by atoms with van der Waals surface area (Å²) in [6.45, 7) is 10.2. The minimum atomic E-state index is 0.107. The molecule has 4 rings (SSSR count). The fraction of sp³-hybridized carbons (Fsp3) is 0.542. The Morgan fingerprint density at radius 1 is 1.16 bits per heavy atom. The quantitative estimate of drug-likeness (QED) is 0.645. The van der Waals surface area contributed by atoms with Crippen molar-refractivity contribution in [2.75, 3.05) is 56.6 Å². The molecule has 8 nitrogen and oxygen atoms in total. The predicted octanol–water partition coefficient (Wildman–Crippen LogP) is 2.92. The zero-order valence-electron chi connectivity index (χ0n) is 19.4. The number of hydrogen-bond donors (Lipinski definition) is 1. The highest BCUT2D eigenvalue weighted by Gasteiger charge is 2.33. The fourth-order valence-corrected chi connectivity index (χ4v) is 4.34. The molecule has 2 aromatic rings. The summed E-state index contributed by atoms with van der Waals surface area (Å²) in [5, 5.41) is 3.27. The molecule has 0 unspecified atom stereocenters. The van der Waals surface area contributed by atoms with Gasteiger partial charge in [-0.25, -0.2) is 4.98 Å². The largest absolute Gasteiger partial charge is 0.492 e. The number of likely N-dealkylation sites (N-methyl/N-ethyl adjacent to an activating group) is 1. The van der Waals surface area contributed by atoms with Crippen LogP contribution in [0.3, 0.4) is 0 Å². The third-order valence-corrected chi connectivity index (χ3v) is 6.35. The van der Waals surface area contributed by atoms with E-state index >= 15 is 0 Å². The first-order chi connectivity index (χ1) is 15.6. The molecule has 8 heteroatoms. The number of amides is 1. The van der Waals surface area contributed by atoms with Crippen LogP contribution in [0.2, 0.25) is 0 Å². The lowest BCUT2D eigenvalue weighted by Gasteiger charge is -2.32. The van der Waals surface area contributed by atoms with E-state index in [1.807, 2.05) is 29.2 Å². The van der Waals surface area contributed by atoms with E-state index in [1.54, 1.807) is 6.20 Å². The Morgan fingerprint density at radius 2 is 1.94 bits per heavy atom. The lowest BCUT2D eigenvalue weighted by atomic mass is 10.1. The third kappa shape index (κ3) is 5.19. The van der Waals surface area contributed by atoms with Crippen LogP contribution in [0.15, 0.2) is 30.5 Å². The van der Waals surface area contributed by atoms with Gasteiger partial charge in [0.1, 0.15) is 18.2 Å². The zero-order valence-corrected chi connectivity index (χ0v) is 19.4. The smallest absolute Gasteiger partial charge is 0.233 e. The molecule has 0 spiro atoms. The number of aromatic nitrogens is 2. The molecule has 1 aromatic carbocycles. The Bertz CT molecular complexity index is 924. The lowest BCUT2D eigenvalue weighted by Crippen LogP contribution is -2.45. The number of piperazine rings is 1. The predicted molar refractivity (Wildman–Crippen MR) is 127 cm³/mol. The Morgan fingerprint density at radius 3 is 2.69 bits per heavy atom. The number of fused-ring (bicyclic) bond motifs is 1. The van der Waals surface area contributed by atoms with Crippen molar-refractivity contribution < 1.29 is 9.53 Å². The fourth-order valence-electron chi connectivity index (χ4n) is 4.34. The van der Waals surface area contributed by atoms with Crippen LogP contribution in [0.5, 0.6) is 5.75 Å². The molecule has 0 radical (unpaired) electrons. The minimum absolute atomic E-state index is 0.107. The SMILES string of the molecule is CCC(CC)N1C(=O)Cc2cnc(Nc3cccc(OCCN4CCN(C)CC4)c3)nc21. The van der Waals surface area contributed by atoms with Crippen LogP contribution >= 0.6 is 0 Å². The van der Waals surface area contributed by atoms with Crippen molar-refractivity contribution in [3.8, 4) is 5.75 Å². The summed E-state index contributed by atoms with van der Waals surface area (Å²) >= 11 is 0. The second-order valence-electron chi connectivity index (χ2n) is 8.60. The number of nitrogens with zero attached hydrogens (tertiary/aromatic N) is 5. The summed E-state index contributed by atoms with van der Waals surface area (Å²) in [4.78, 5) is 28.3. The van der Waals surface area contributed by atoms with E-state index in [0.29, 0.717) is 19.0 Å². The van der Waals surface area contributed by atoms with Gasteiger partial charge in [-0.1, -0.05) is 19.9 Å². The van der Waals surface area contributed by atoms with E-state index in [0.717, 1.165) is 68.4 Å². The maximum Gasteiger partial charge on any atom is 0.233 e. The number of carbonyl (C=O) groups is 1. The first-order valence-electron chi connectivity index (χ1n) is 11.7. The van der Waals surface area contributed by atoms with Crippen molar-refractivity contribution in [3.05, 3.63) is 36.0 Å². The van der Waals surface area contributed by atoms with Gasteiger partial charge in [0.15, 0.2) is 0 Å². The van der Waals surface area contributed by atoms with E-state index in [4.69, 9.17) is 4.74 Å². The standard InChI is InChI=1S/C24H34N6O2/c1-4-20(5-2)30-22(31)15-18-17-25-24(27-23(18)30)26-19-7-6-8-21(16-19)32-14-13-29-11-9-28(3)10-12-29/h6-8,16-17,20H,4-5,9-15H2,1-3H3,(H,25,26,27). The van der Waals surface area contributed by atoms with Crippen LogP contribution in [0, 0.1) is 0 Å². The van der Waals surface area contributed by atoms with Crippen LogP contribution < -0.4 is 15.0 Å². The molecule has 3 heterocycles. The molecule has 2 aliphatic heterocycles. The van der Waals surface area contributed by atoms with E-state index in [2.05, 4.69) is 46.0 Å². The van der Waals surface area contributed by atoms with Crippen LogP contribution in [0.25, 0.3) is 0 Å². The molecule has 2 aliphatic rings. The number of ether oxygens (including phenoxy) is 1. The van der Waals surface area contributed by atoms with E-state index in [9.17, 15) is 4.79 Å². The molecular formula is C24H34N6O2. The van der Waals surface area contributed by atoms with Gasteiger partial charge in [-0.15, -0.1) is 0 Å². The van der Waals surface area contributed by atoms with Gasteiger partial charge in [-0.05, 0) is 32.0 Å². The number of anilines is 3. The van der Waals surface area contributed by atoms with Crippen LogP contribution in [-0.2, 0) is 11.2 Å². The average molecular weight is 439 g/mol. The molecule has 0 saturated carbocycles. The third-order valence-electron chi connectivity index (χ3n) is 6.35. The molecule has 0 bridgehead atoms. The number of carbonyl (C=O) groups excluding carboxylic acids is 1. The van der Waals surface area contributed by atoms with Gasteiger partial charge in [0.2, 0.25) is 11.9 Å². The summed E-state index contributed by atoms with van der Waals surface area (Å²) in [5.41, 5.74) is 1.76. The van der Waals surface area contributed by atoms with E-state index < -0.39 is 0 Å². The van der Waals surface area contributed by atoms with Gasteiger partial charge in [-0.3, -0.25) is 14.6 Å². The monoisotopic (exact) mass is 438 g/mol. The van der Waals surface area contributed by atoms with Gasteiger partial charge >= 0.3 is 0 Å². The van der Waals surface area contributed by atoms with Crippen molar-refractivity contribution >= 4 is 23.4 Å². The Labute approximate surface area is 190 Å². The van der Waals surface area contributed by atoms with Crippen molar-refractivity contribution in [1.29, 1.82) is 0 Å². The molecule has 0 atom stereocenters. The molecule has 1 fully saturated rings. The number of nitrogens with one attached hydrogen (secondary N) is 1. The highest BCUT2D eigenvalue weighted by Crippen LogP contribution is 2.31. The topological polar surface area (TPSA) is 73.8 Å².